The van der Waals surface area contributed by atoms with E-state index in [9.17, 15) is 9.59 Å². The molecule has 3 heterocycles. The highest BCUT2D eigenvalue weighted by molar-refractivity contribution is 5.88. The molecule has 0 bridgehead atoms. The number of ether oxygens (including phenoxy) is 6. The van der Waals surface area contributed by atoms with Gasteiger partial charge in [-0.2, -0.15) is 0 Å². The van der Waals surface area contributed by atoms with Crippen molar-refractivity contribution in [2.75, 3.05) is 33.5 Å². The van der Waals surface area contributed by atoms with Gasteiger partial charge in [0.1, 0.15) is 37.9 Å². The molecule has 2 aromatic rings. The van der Waals surface area contributed by atoms with Crippen LogP contribution in [0, 0.1) is 0 Å². The Morgan fingerprint density at radius 2 is 1.91 bits per heavy atom. The molecule has 32 heavy (non-hydrogen) atoms. The van der Waals surface area contributed by atoms with Gasteiger partial charge >= 0.3 is 5.97 Å². The van der Waals surface area contributed by atoms with Crippen LogP contribution in [0.15, 0.2) is 36.7 Å². The summed E-state index contributed by atoms with van der Waals surface area (Å²) < 4.78 is 34.9. The fourth-order valence-corrected chi connectivity index (χ4v) is 3.47. The summed E-state index contributed by atoms with van der Waals surface area (Å²) in [5.41, 5.74) is 6.08. The lowest BCUT2D eigenvalue weighted by molar-refractivity contribution is -0.170. The van der Waals surface area contributed by atoms with Crippen LogP contribution in [0.5, 0.6) is 0 Å². The maximum Gasteiger partial charge on any atom is 0.332 e. The third-order valence-electron chi connectivity index (χ3n) is 4.97. The molecule has 0 saturated carbocycles. The molecule has 2 unspecified atom stereocenters. The smallest absolute Gasteiger partial charge is 0.332 e. The van der Waals surface area contributed by atoms with Crippen LogP contribution in [0.4, 0.5) is 0 Å². The Bertz CT molecular complexity index is 923. The molecular weight excluding hydrogens is 424 g/mol. The first-order chi connectivity index (χ1) is 15.6. The second kappa shape index (κ2) is 10.1. The Kier molecular flexibility index (Phi) is 7.07. The number of esters is 1. The predicted molar refractivity (Wildman–Crippen MR) is 105 cm³/mol. The van der Waals surface area contributed by atoms with E-state index in [2.05, 4.69) is 10.1 Å². The van der Waals surface area contributed by atoms with Gasteiger partial charge in [-0.15, -0.1) is 5.10 Å². The maximum absolute atomic E-state index is 12.0. The number of carbonyl (C=O) groups excluding carboxylic acids is 2. The van der Waals surface area contributed by atoms with E-state index in [1.165, 1.54) is 11.0 Å². The predicted octanol–water partition coefficient (Wildman–Crippen LogP) is -0.0366. The van der Waals surface area contributed by atoms with E-state index in [1.807, 2.05) is 30.3 Å². The van der Waals surface area contributed by atoms with E-state index in [4.69, 9.17) is 34.2 Å². The fraction of sp³-hybridized carbons (Fsp3) is 0.500. The molecule has 2 aliphatic rings. The van der Waals surface area contributed by atoms with Gasteiger partial charge < -0.3 is 34.2 Å². The van der Waals surface area contributed by atoms with Crippen LogP contribution in [0.25, 0.3) is 0 Å². The van der Waals surface area contributed by atoms with E-state index < -0.39 is 42.7 Å². The van der Waals surface area contributed by atoms with Gasteiger partial charge in [0.15, 0.2) is 12.5 Å². The average Bonchev–Trinajstić information content (AvgIpc) is 3.51. The van der Waals surface area contributed by atoms with Crippen molar-refractivity contribution in [1.29, 1.82) is 0 Å². The third-order valence-corrected chi connectivity index (χ3v) is 4.97. The molecule has 5 atom stereocenters. The van der Waals surface area contributed by atoms with E-state index in [0.29, 0.717) is 6.61 Å². The van der Waals surface area contributed by atoms with Gasteiger partial charge in [-0.1, -0.05) is 30.3 Å². The van der Waals surface area contributed by atoms with Crippen LogP contribution in [0.3, 0.4) is 0 Å². The molecule has 0 radical (unpaired) electrons. The van der Waals surface area contributed by atoms with Gasteiger partial charge in [-0.25, -0.2) is 14.5 Å². The molecule has 2 aliphatic heterocycles. The minimum atomic E-state index is -0.761. The molecular formula is C20H24N4O8. The lowest BCUT2D eigenvalue weighted by atomic mass is 10.1. The van der Waals surface area contributed by atoms with Crippen LogP contribution < -0.4 is 5.73 Å². The van der Waals surface area contributed by atoms with Crippen molar-refractivity contribution >= 4 is 11.9 Å². The standard InChI is InChI=1S/C20H24N4O8/c1-27-7-8-28-10-14(25)29-9-13-15-16(32-20(31-15)12-5-3-2-4-6-12)19(30-13)24-11-22-18(23-24)17(21)26/h2-6,11,13,15-16,19-20H,7-10H2,1H3,(H2,21,26)/t13-,15?,16-,19-,20?/m1/s1. The number of methoxy groups -OCH3 is 1. The van der Waals surface area contributed by atoms with Crippen molar-refractivity contribution < 1.29 is 38.0 Å². The summed E-state index contributed by atoms with van der Waals surface area (Å²) in [6.45, 7) is 0.374. The zero-order valence-corrected chi connectivity index (χ0v) is 17.4. The Hall–Kier alpha value is -2.90. The fourth-order valence-electron chi connectivity index (χ4n) is 3.47. The number of hydrogen-bond donors (Lipinski definition) is 1. The minimum absolute atomic E-state index is 0.0770. The molecule has 0 aliphatic carbocycles. The number of carbonyl (C=O) groups is 2. The quantitative estimate of drug-likeness (QED) is 0.388. The molecule has 1 aromatic carbocycles. The zero-order valence-electron chi connectivity index (χ0n) is 17.4. The molecule has 12 nitrogen and oxygen atoms in total. The largest absolute Gasteiger partial charge is 0.461 e. The first kappa shape index (κ1) is 22.3. The number of aromatic nitrogens is 3. The van der Waals surface area contributed by atoms with Gasteiger partial charge in [0.05, 0.1) is 13.2 Å². The van der Waals surface area contributed by atoms with Gasteiger partial charge in [0.25, 0.3) is 5.91 Å². The van der Waals surface area contributed by atoms with Crippen molar-refractivity contribution in [2.45, 2.75) is 30.8 Å². The summed E-state index contributed by atoms with van der Waals surface area (Å²) in [6.07, 6.45) is -1.82. The summed E-state index contributed by atoms with van der Waals surface area (Å²) in [5, 5.41) is 4.07. The van der Waals surface area contributed by atoms with Crippen LogP contribution in [-0.2, 0) is 33.2 Å². The highest BCUT2D eigenvalue weighted by atomic mass is 16.8. The van der Waals surface area contributed by atoms with Crippen molar-refractivity contribution in [2.24, 2.45) is 5.73 Å². The maximum atomic E-state index is 12.0. The van der Waals surface area contributed by atoms with E-state index in [1.54, 1.807) is 7.11 Å². The molecule has 12 heteroatoms. The number of nitrogens with zero attached hydrogens (tertiary/aromatic N) is 3. The summed E-state index contributed by atoms with van der Waals surface area (Å²) in [6, 6.07) is 9.42. The Labute approximate surface area is 183 Å². The number of primary amides is 1. The van der Waals surface area contributed by atoms with Gasteiger partial charge in [-0.3, -0.25) is 4.79 Å². The van der Waals surface area contributed by atoms with Crippen LogP contribution in [-0.4, -0.2) is 78.5 Å². The summed E-state index contributed by atoms with van der Waals surface area (Å²) in [7, 11) is 1.54. The minimum Gasteiger partial charge on any atom is -0.461 e. The second-order valence-corrected chi connectivity index (χ2v) is 7.15. The van der Waals surface area contributed by atoms with Crippen molar-refractivity contribution in [3.8, 4) is 0 Å². The summed E-state index contributed by atoms with van der Waals surface area (Å²) >= 11 is 0. The molecule has 2 fully saturated rings. The topological polar surface area (TPSA) is 146 Å². The number of benzene rings is 1. The van der Waals surface area contributed by atoms with E-state index >= 15 is 0 Å². The average molecular weight is 448 g/mol. The molecule has 4 rings (SSSR count). The van der Waals surface area contributed by atoms with E-state index in [-0.39, 0.29) is 25.6 Å². The first-order valence-electron chi connectivity index (χ1n) is 10.0. The van der Waals surface area contributed by atoms with Gasteiger partial charge in [0.2, 0.25) is 5.82 Å². The van der Waals surface area contributed by atoms with Crippen LogP contribution in [0.1, 0.15) is 28.7 Å². The third kappa shape index (κ3) is 4.95. The number of hydrogen-bond acceptors (Lipinski definition) is 10. The van der Waals surface area contributed by atoms with Crippen molar-refractivity contribution in [3.05, 3.63) is 48.0 Å². The normalized spacial score (nSPS) is 26.7. The monoisotopic (exact) mass is 448 g/mol. The number of rotatable bonds is 10. The molecule has 2 N–H and O–H groups in total. The Balaban J connectivity index is 1.44. The molecule has 1 amide bonds. The Morgan fingerprint density at radius 3 is 2.62 bits per heavy atom. The van der Waals surface area contributed by atoms with Crippen LogP contribution >= 0.6 is 0 Å². The molecule has 2 saturated heterocycles. The van der Waals surface area contributed by atoms with Crippen LogP contribution in [0.2, 0.25) is 0 Å². The second-order valence-electron chi connectivity index (χ2n) is 7.15. The van der Waals surface area contributed by atoms with Gasteiger partial charge in [-0.05, 0) is 0 Å². The highest BCUT2D eigenvalue weighted by Crippen LogP contribution is 2.43. The number of fused-ring (bicyclic) bond motifs is 1. The highest BCUT2D eigenvalue weighted by Gasteiger charge is 2.54. The lowest BCUT2D eigenvalue weighted by Gasteiger charge is -2.20. The number of nitrogens with two attached hydrogens (primary N) is 1. The Morgan fingerprint density at radius 1 is 1.12 bits per heavy atom. The molecule has 172 valence electrons. The number of amides is 1. The summed E-state index contributed by atoms with van der Waals surface area (Å²) in [4.78, 5) is 27.2. The van der Waals surface area contributed by atoms with Gasteiger partial charge in [0, 0.05) is 12.7 Å². The first-order valence-corrected chi connectivity index (χ1v) is 10.0. The summed E-state index contributed by atoms with van der Waals surface area (Å²) in [5.74, 6) is -1.45. The lowest BCUT2D eigenvalue weighted by Crippen LogP contribution is -2.33. The van der Waals surface area contributed by atoms with E-state index in [0.717, 1.165) is 5.56 Å². The zero-order chi connectivity index (χ0) is 22.5. The SMILES string of the molecule is COCCOCC(=O)OC[C@H]1O[C@@H](n2cnc(C(N)=O)n2)[C@@H]2OC(c3ccccc3)OC21. The molecule has 1 aromatic heterocycles. The van der Waals surface area contributed by atoms with Crippen molar-refractivity contribution in [1.82, 2.24) is 14.8 Å². The van der Waals surface area contributed by atoms with Crippen molar-refractivity contribution in [3.63, 3.8) is 0 Å². The molecule has 0 spiro atoms.